The zero-order valence-corrected chi connectivity index (χ0v) is 12.9. The lowest BCUT2D eigenvalue weighted by Crippen LogP contribution is -2.17. The maximum atomic E-state index is 12.0. The van der Waals surface area contributed by atoms with E-state index in [9.17, 15) is 27.6 Å². The molecule has 1 N–H and O–H groups in total. The van der Waals surface area contributed by atoms with Gasteiger partial charge in [0.25, 0.3) is 0 Å². The monoisotopic (exact) mass is 360 g/mol. The highest BCUT2D eigenvalue weighted by molar-refractivity contribution is 6.06. The number of ether oxygens (including phenoxy) is 2. The van der Waals surface area contributed by atoms with Crippen LogP contribution in [0.5, 0.6) is 11.5 Å². The van der Waals surface area contributed by atoms with Crippen molar-refractivity contribution in [1.82, 2.24) is 0 Å². The lowest BCUT2D eigenvalue weighted by molar-refractivity contribution is -0.274. The summed E-state index contributed by atoms with van der Waals surface area (Å²) in [5.41, 5.74) is -0.344. The number of hydrogen-bond acceptors (Lipinski definition) is 5. The molecule has 0 spiro atoms. The number of aliphatic carboxylic acids is 1. The van der Waals surface area contributed by atoms with E-state index in [-0.39, 0.29) is 24.0 Å². The molecule has 1 aromatic carbocycles. The predicted octanol–water partition coefficient (Wildman–Crippen LogP) is 3.26. The van der Waals surface area contributed by atoms with Gasteiger partial charge in [-0.2, -0.15) is 0 Å². The molecule has 0 unspecified atom stereocenters. The third-order valence-electron chi connectivity index (χ3n) is 2.86. The van der Waals surface area contributed by atoms with Crippen molar-refractivity contribution in [2.75, 3.05) is 0 Å². The molecule has 0 aliphatic rings. The summed E-state index contributed by atoms with van der Waals surface area (Å²) in [5.74, 6) is -2.24. The topological polar surface area (TPSA) is 89.9 Å². The van der Waals surface area contributed by atoms with E-state index in [1.165, 1.54) is 18.2 Å². The SMILES string of the molecule is O=CC(=CCCCCC(=O)Oc1ccc(OC(F)(F)F)cc1)C(=O)O. The van der Waals surface area contributed by atoms with Crippen LogP contribution in [0.1, 0.15) is 25.7 Å². The summed E-state index contributed by atoms with van der Waals surface area (Å²) in [7, 11) is 0. The van der Waals surface area contributed by atoms with Gasteiger partial charge in [0.05, 0.1) is 5.57 Å². The minimum atomic E-state index is -4.79. The van der Waals surface area contributed by atoms with Crippen LogP contribution in [0.3, 0.4) is 0 Å². The van der Waals surface area contributed by atoms with Crippen LogP contribution in [0.25, 0.3) is 0 Å². The molecular weight excluding hydrogens is 345 g/mol. The summed E-state index contributed by atoms with van der Waals surface area (Å²) in [6, 6.07) is 4.39. The van der Waals surface area contributed by atoms with Gasteiger partial charge in [-0.3, -0.25) is 9.59 Å². The third kappa shape index (κ3) is 8.54. The molecule has 0 amide bonds. The second-order valence-corrected chi connectivity index (χ2v) is 4.82. The Bertz CT molecular complexity index is 634. The molecule has 1 aromatic rings. The van der Waals surface area contributed by atoms with Crippen LogP contribution in [0.2, 0.25) is 0 Å². The number of carboxylic acids is 1. The fourth-order valence-electron chi connectivity index (χ4n) is 1.75. The van der Waals surface area contributed by atoms with Crippen molar-refractivity contribution in [3.05, 3.63) is 35.9 Å². The van der Waals surface area contributed by atoms with Crippen molar-refractivity contribution in [1.29, 1.82) is 0 Å². The Hall–Kier alpha value is -2.84. The van der Waals surface area contributed by atoms with Gasteiger partial charge in [0.2, 0.25) is 0 Å². The number of unbranched alkanes of at least 4 members (excludes halogenated alkanes) is 2. The number of alkyl halides is 3. The average Bonchev–Trinajstić information content (AvgIpc) is 2.51. The molecule has 1 rings (SSSR count). The van der Waals surface area contributed by atoms with Crippen LogP contribution in [0, 0.1) is 0 Å². The normalized spacial score (nSPS) is 11.7. The summed E-state index contributed by atoms with van der Waals surface area (Å²) in [4.78, 5) is 32.6. The molecule has 0 saturated carbocycles. The number of allylic oxidation sites excluding steroid dienone is 1. The van der Waals surface area contributed by atoms with Gasteiger partial charge in [-0.15, -0.1) is 13.2 Å². The Kier molecular flexibility index (Phi) is 7.64. The quantitative estimate of drug-likeness (QED) is 0.138. The first kappa shape index (κ1) is 20.2. The smallest absolute Gasteiger partial charge is 0.478 e. The minimum absolute atomic E-state index is 0.0398. The minimum Gasteiger partial charge on any atom is -0.478 e. The van der Waals surface area contributed by atoms with Gasteiger partial charge in [0.15, 0.2) is 6.29 Å². The Balaban J connectivity index is 2.35. The third-order valence-corrected chi connectivity index (χ3v) is 2.86. The number of benzene rings is 1. The van der Waals surface area contributed by atoms with Crippen molar-refractivity contribution in [2.45, 2.75) is 32.0 Å². The van der Waals surface area contributed by atoms with Crippen molar-refractivity contribution < 1.29 is 42.1 Å². The number of carbonyl (C=O) groups excluding carboxylic acids is 2. The largest absolute Gasteiger partial charge is 0.573 e. The average molecular weight is 360 g/mol. The van der Waals surface area contributed by atoms with Crippen molar-refractivity contribution in [2.24, 2.45) is 0 Å². The Morgan fingerprint density at radius 1 is 1.08 bits per heavy atom. The maximum Gasteiger partial charge on any atom is 0.573 e. The standard InChI is InChI=1S/C16H15F3O6/c17-16(18,19)25-13-8-6-12(7-9-13)24-14(21)5-3-1-2-4-11(10-20)15(22)23/h4,6-10H,1-3,5H2,(H,22,23). The van der Waals surface area contributed by atoms with Crippen LogP contribution in [0.15, 0.2) is 35.9 Å². The van der Waals surface area contributed by atoms with E-state index in [2.05, 4.69) is 4.74 Å². The Labute approximate surface area is 140 Å². The van der Waals surface area contributed by atoms with E-state index >= 15 is 0 Å². The summed E-state index contributed by atoms with van der Waals surface area (Å²) in [6.45, 7) is 0. The van der Waals surface area contributed by atoms with Crippen LogP contribution in [-0.2, 0) is 14.4 Å². The predicted molar refractivity (Wildman–Crippen MR) is 79.0 cm³/mol. The Morgan fingerprint density at radius 3 is 2.20 bits per heavy atom. The molecule has 0 heterocycles. The highest BCUT2D eigenvalue weighted by Crippen LogP contribution is 2.24. The van der Waals surface area contributed by atoms with E-state index in [1.54, 1.807) is 0 Å². The van der Waals surface area contributed by atoms with E-state index in [0.717, 1.165) is 12.1 Å². The summed E-state index contributed by atoms with van der Waals surface area (Å²) < 4.78 is 44.7. The number of hydrogen-bond donors (Lipinski definition) is 1. The molecule has 0 bridgehead atoms. The maximum absolute atomic E-state index is 12.0. The molecule has 25 heavy (non-hydrogen) atoms. The van der Waals surface area contributed by atoms with Gasteiger partial charge in [0, 0.05) is 6.42 Å². The molecule has 136 valence electrons. The summed E-state index contributed by atoms with van der Waals surface area (Å²) in [6.07, 6.45) is -2.07. The zero-order valence-electron chi connectivity index (χ0n) is 12.9. The number of esters is 1. The number of rotatable bonds is 9. The first-order chi connectivity index (χ1) is 11.7. The van der Waals surface area contributed by atoms with Gasteiger partial charge in [-0.05, 0) is 43.5 Å². The van der Waals surface area contributed by atoms with Crippen LogP contribution in [-0.4, -0.2) is 29.7 Å². The molecule has 0 saturated heterocycles. The fourth-order valence-corrected chi connectivity index (χ4v) is 1.75. The van der Waals surface area contributed by atoms with E-state index in [1.807, 2.05) is 0 Å². The molecule has 0 atom stereocenters. The molecule has 9 heteroatoms. The number of carboxylic acid groups (broad SMARTS) is 1. The van der Waals surface area contributed by atoms with Crippen molar-refractivity contribution in [3.8, 4) is 11.5 Å². The van der Waals surface area contributed by atoms with E-state index in [4.69, 9.17) is 9.84 Å². The lowest BCUT2D eigenvalue weighted by atomic mass is 10.1. The van der Waals surface area contributed by atoms with Crippen molar-refractivity contribution >= 4 is 18.2 Å². The van der Waals surface area contributed by atoms with Gasteiger partial charge >= 0.3 is 18.3 Å². The second-order valence-electron chi connectivity index (χ2n) is 4.82. The molecule has 0 aliphatic carbocycles. The van der Waals surface area contributed by atoms with Crippen molar-refractivity contribution in [3.63, 3.8) is 0 Å². The molecule has 0 fully saturated rings. The summed E-state index contributed by atoms with van der Waals surface area (Å²) >= 11 is 0. The first-order valence-corrected chi connectivity index (χ1v) is 7.16. The molecule has 0 aliphatic heterocycles. The van der Waals surface area contributed by atoms with E-state index in [0.29, 0.717) is 19.3 Å². The molecular formula is C16H15F3O6. The molecule has 6 nitrogen and oxygen atoms in total. The number of halogens is 3. The Morgan fingerprint density at radius 2 is 1.68 bits per heavy atom. The zero-order chi connectivity index (χ0) is 18.9. The number of carbonyl (C=O) groups is 3. The van der Waals surface area contributed by atoms with Gasteiger partial charge in [-0.25, -0.2) is 4.79 Å². The lowest BCUT2D eigenvalue weighted by Gasteiger charge is -2.09. The second kappa shape index (κ2) is 9.45. The highest BCUT2D eigenvalue weighted by Gasteiger charge is 2.31. The fraction of sp³-hybridized carbons (Fsp3) is 0.312. The van der Waals surface area contributed by atoms with Crippen LogP contribution >= 0.6 is 0 Å². The van der Waals surface area contributed by atoms with Gasteiger partial charge in [0.1, 0.15) is 11.5 Å². The highest BCUT2D eigenvalue weighted by atomic mass is 19.4. The number of aldehydes is 1. The summed E-state index contributed by atoms with van der Waals surface area (Å²) in [5, 5.41) is 8.62. The van der Waals surface area contributed by atoms with E-state index < -0.39 is 24.1 Å². The van der Waals surface area contributed by atoms with Gasteiger partial charge in [-0.1, -0.05) is 6.08 Å². The first-order valence-electron chi connectivity index (χ1n) is 7.16. The molecule has 0 radical (unpaired) electrons. The van der Waals surface area contributed by atoms with Crippen LogP contribution in [0.4, 0.5) is 13.2 Å². The molecule has 0 aromatic heterocycles. The van der Waals surface area contributed by atoms with Crippen LogP contribution < -0.4 is 9.47 Å². The van der Waals surface area contributed by atoms with Gasteiger partial charge < -0.3 is 14.6 Å².